The van der Waals surface area contributed by atoms with Gasteiger partial charge in [0.15, 0.2) is 0 Å². The SMILES string of the molecule is CCOC(=O)c1ccc2c(c1)c(C)cn2-c1ccc(Cl)c(Cl)c1. The first-order chi connectivity index (χ1) is 11.0. The molecule has 0 radical (unpaired) electrons. The molecule has 0 atom stereocenters. The second kappa shape index (κ2) is 6.26. The molecule has 0 aliphatic carbocycles. The molecule has 0 unspecified atom stereocenters. The van der Waals surface area contributed by atoms with Crippen LogP contribution in [-0.4, -0.2) is 17.1 Å². The van der Waals surface area contributed by atoms with Crippen LogP contribution in [0.25, 0.3) is 16.6 Å². The van der Waals surface area contributed by atoms with Crippen molar-refractivity contribution in [1.82, 2.24) is 4.57 Å². The zero-order valence-corrected chi connectivity index (χ0v) is 14.3. The molecule has 1 aromatic heterocycles. The van der Waals surface area contributed by atoms with Crippen molar-refractivity contribution >= 4 is 40.1 Å². The molecule has 0 amide bonds. The van der Waals surface area contributed by atoms with Crippen LogP contribution in [0.5, 0.6) is 0 Å². The first-order valence-corrected chi connectivity index (χ1v) is 8.01. The van der Waals surface area contributed by atoms with E-state index in [0.29, 0.717) is 22.2 Å². The molecule has 0 bridgehead atoms. The second-order valence-corrected chi connectivity index (χ2v) is 6.05. The van der Waals surface area contributed by atoms with Crippen molar-refractivity contribution < 1.29 is 9.53 Å². The van der Waals surface area contributed by atoms with Crippen molar-refractivity contribution in [2.24, 2.45) is 0 Å². The molecule has 0 aliphatic rings. The van der Waals surface area contributed by atoms with Gasteiger partial charge >= 0.3 is 5.97 Å². The van der Waals surface area contributed by atoms with Crippen molar-refractivity contribution in [2.75, 3.05) is 6.61 Å². The third-order valence-corrected chi connectivity index (χ3v) is 4.44. The molecule has 0 N–H and O–H groups in total. The molecule has 0 saturated heterocycles. The van der Waals surface area contributed by atoms with Gasteiger partial charge in [-0.2, -0.15) is 0 Å². The van der Waals surface area contributed by atoms with Gasteiger partial charge in [0.25, 0.3) is 0 Å². The van der Waals surface area contributed by atoms with E-state index in [-0.39, 0.29) is 5.97 Å². The third kappa shape index (κ3) is 2.94. The number of hydrogen-bond acceptors (Lipinski definition) is 2. The standard InChI is InChI=1S/C18H15Cl2NO2/c1-3-23-18(22)12-4-7-17-14(8-12)11(2)10-21(17)13-5-6-15(19)16(20)9-13/h4-10H,3H2,1-2H3. The van der Waals surface area contributed by atoms with Crippen LogP contribution in [0.2, 0.25) is 10.0 Å². The highest BCUT2D eigenvalue weighted by molar-refractivity contribution is 6.42. The number of ether oxygens (including phenoxy) is 1. The molecule has 3 nitrogen and oxygen atoms in total. The topological polar surface area (TPSA) is 31.2 Å². The first kappa shape index (κ1) is 15.9. The summed E-state index contributed by atoms with van der Waals surface area (Å²) in [7, 11) is 0. The molecule has 23 heavy (non-hydrogen) atoms. The van der Waals surface area contributed by atoms with Crippen LogP contribution in [0.4, 0.5) is 0 Å². The number of fused-ring (bicyclic) bond motifs is 1. The average Bonchev–Trinajstić information content (AvgIpc) is 2.87. The molecule has 0 fully saturated rings. The van der Waals surface area contributed by atoms with Crippen LogP contribution < -0.4 is 0 Å². The summed E-state index contributed by atoms with van der Waals surface area (Å²) in [5.41, 5.74) is 3.53. The van der Waals surface area contributed by atoms with Gasteiger partial charge in [-0.1, -0.05) is 23.2 Å². The highest BCUT2D eigenvalue weighted by Gasteiger charge is 2.12. The number of carbonyl (C=O) groups is 1. The number of aryl methyl sites for hydroxylation is 1. The minimum atomic E-state index is -0.309. The van der Waals surface area contributed by atoms with Crippen molar-refractivity contribution in [1.29, 1.82) is 0 Å². The lowest BCUT2D eigenvalue weighted by atomic mass is 10.1. The number of halogens is 2. The minimum absolute atomic E-state index is 0.309. The van der Waals surface area contributed by atoms with Crippen molar-refractivity contribution in [3.05, 3.63) is 63.8 Å². The Morgan fingerprint density at radius 1 is 1.13 bits per heavy atom. The van der Waals surface area contributed by atoms with Gasteiger partial charge in [-0.25, -0.2) is 4.79 Å². The maximum absolute atomic E-state index is 11.9. The summed E-state index contributed by atoms with van der Waals surface area (Å²) in [6, 6.07) is 11.0. The van der Waals surface area contributed by atoms with Crippen molar-refractivity contribution in [3.8, 4) is 5.69 Å². The highest BCUT2D eigenvalue weighted by atomic mass is 35.5. The molecule has 0 saturated carbocycles. The predicted octanol–water partition coefficient (Wildman–Crippen LogP) is 5.42. The maximum atomic E-state index is 11.9. The number of nitrogens with zero attached hydrogens (tertiary/aromatic N) is 1. The number of carbonyl (C=O) groups excluding carboxylic acids is 1. The molecule has 0 aliphatic heterocycles. The number of aromatic nitrogens is 1. The van der Waals surface area contributed by atoms with E-state index in [1.807, 2.05) is 42.0 Å². The fourth-order valence-electron chi connectivity index (χ4n) is 2.58. The fourth-order valence-corrected chi connectivity index (χ4v) is 2.88. The average molecular weight is 348 g/mol. The largest absolute Gasteiger partial charge is 0.462 e. The van der Waals surface area contributed by atoms with E-state index in [1.54, 1.807) is 19.1 Å². The van der Waals surface area contributed by atoms with Gasteiger partial charge in [0.1, 0.15) is 0 Å². The lowest BCUT2D eigenvalue weighted by molar-refractivity contribution is 0.0526. The molecule has 0 spiro atoms. The normalized spacial score (nSPS) is 11.0. The van der Waals surface area contributed by atoms with Gasteiger partial charge in [-0.3, -0.25) is 0 Å². The third-order valence-electron chi connectivity index (χ3n) is 3.70. The molecule has 3 rings (SSSR count). The molecule has 5 heteroatoms. The molecule has 2 aromatic carbocycles. The Labute approximate surface area is 144 Å². The van der Waals surface area contributed by atoms with Crippen LogP contribution in [0.1, 0.15) is 22.8 Å². The summed E-state index contributed by atoms with van der Waals surface area (Å²) in [6.45, 7) is 4.16. The van der Waals surface area contributed by atoms with Gasteiger partial charge in [0.05, 0.1) is 27.7 Å². The van der Waals surface area contributed by atoms with Gasteiger partial charge in [0.2, 0.25) is 0 Å². The summed E-state index contributed by atoms with van der Waals surface area (Å²) in [4.78, 5) is 11.9. The Bertz CT molecular complexity index is 899. The number of benzene rings is 2. The van der Waals surface area contributed by atoms with E-state index in [9.17, 15) is 4.79 Å². The van der Waals surface area contributed by atoms with Crippen LogP contribution >= 0.6 is 23.2 Å². The highest BCUT2D eigenvalue weighted by Crippen LogP contribution is 2.29. The Balaban J connectivity index is 2.13. The van der Waals surface area contributed by atoms with E-state index in [4.69, 9.17) is 27.9 Å². The number of esters is 1. The number of hydrogen-bond donors (Lipinski definition) is 0. The van der Waals surface area contributed by atoms with E-state index in [0.717, 1.165) is 22.2 Å². The van der Waals surface area contributed by atoms with Crippen molar-refractivity contribution in [3.63, 3.8) is 0 Å². The molecule has 118 valence electrons. The summed E-state index contributed by atoms with van der Waals surface area (Å²) in [6.07, 6.45) is 2.01. The lowest BCUT2D eigenvalue weighted by Crippen LogP contribution is -2.04. The monoisotopic (exact) mass is 347 g/mol. The van der Waals surface area contributed by atoms with Crippen molar-refractivity contribution in [2.45, 2.75) is 13.8 Å². The maximum Gasteiger partial charge on any atom is 0.338 e. The number of rotatable bonds is 3. The van der Waals surface area contributed by atoms with E-state index >= 15 is 0 Å². The van der Waals surface area contributed by atoms with Crippen LogP contribution in [0.3, 0.4) is 0 Å². The fraction of sp³-hybridized carbons (Fsp3) is 0.167. The zero-order chi connectivity index (χ0) is 16.6. The first-order valence-electron chi connectivity index (χ1n) is 7.25. The van der Waals surface area contributed by atoms with E-state index in [1.165, 1.54) is 0 Å². The predicted molar refractivity (Wildman–Crippen MR) is 94.0 cm³/mol. The Kier molecular flexibility index (Phi) is 4.33. The van der Waals surface area contributed by atoms with Gasteiger partial charge in [-0.15, -0.1) is 0 Å². The minimum Gasteiger partial charge on any atom is -0.462 e. The molecular formula is C18H15Cl2NO2. The molecule has 1 heterocycles. The molecule has 3 aromatic rings. The van der Waals surface area contributed by atoms with Gasteiger partial charge in [-0.05, 0) is 55.8 Å². The van der Waals surface area contributed by atoms with Crippen LogP contribution in [0.15, 0.2) is 42.6 Å². The Hall–Kier alpha value is -1.97. The van der Waals surface area contributed by atoms with Gasteiger partial charge in [0, 0.05) is 17.3 Å². The van der Waals surface area contributed by atoms with E-state index in [2.05, 4.69) is 0 Å². The zero-order valence-electron chi connectivity index (χ0n) is 12.8. The van der Waals surface area contributed by atoms with E-state index < -0.39 is 0 Å². The molecular weight excluding hydrogens is 333 g/mol. The summed E-state index contributed by atoms with van der Waals surface area (Å²) in [5.74, 6) is -0.309. The lowest BCUT2D eigenvalue weighted by Gasteiger charge is -2.07. The van der Waals surface area contributed by atoms with Gasteiger partial charge < -0.3 is 9.30 Å². The summed E-state index contributed by atoms with van der Waals surface area (Å²) in [5, 5.41) is 2.03. The van der Waals surface area contributed by atoms with Crippen LogP contribution in [0, 0.1) is 6.92 Å². The quantitative estimate of drug-likeness (QED) is 0.592. The Morgan fingerprint density at radius 2 is 1.91 bits per heavy atom. The summed E-state index contributed by atoms with van der Waals surface area (Å²) < 4.78 is 7.09. The Morgan fingerprint density at radius 3 is 2.61 bits per heavy atom. The summed E-state index contributed by atoms with van der Waals surface area (Å²) >= 11 is 12.1. The van der Waals surface area contributed by atoms with Crippen LogP contribution in [-0.2, 0) is 4.74 Å². The second-order valence-electron chi connectivity index (χ2n) is 5.23. The smallest absolute Gasteiger partial charge is 0.338 e.